The number of hydrogen-bond donors (Lipinski definition) is 1. The second-order valence-electron chi connectivity index (χ2n) is 5.14. The van der Waals surface area contributed by atoms with Crippen LogP contribution in [0.4, 0.5) is 0 Å². The van der Waals surface area contributed by atoms with Gasteiger partial charge in [0.25, 0.3) is 0 Å². The molecule has 0 fully saturated rings. The molecular formula is C20H19OS+. The van der Waals surface area contributed by atoms with Crippen molar-refractivity contribution in [1.82, 2.24) is 0 Å². The third-order valence-corrected chi connectivity index (χ3v) is 5.88. The monoisotopic (exact) mass is 307 g/mol. The quantitative estimate of drug-likeness (QED) is 0.679. The fourth-order valence-corrected chi connectivity index (χ4v) is 4.58. The highest BCUT2D eigenvalue weighted by molar-refractivity contribution is 7.97. The van der Waals surface area contributed by atoms with Crippen LogP contribution in [-0.2, 0) is 17.3 Å². The molecule has 0 radical (unpaired) electrons. The molecule has 0 bridgehead atoms. The van der Waals surface area contributed by atoms with Crippen molar-refractivity contribution in [3.8, 4) is 5.75 Å². The van der Waals surface area contributed by atoms with E-state index in [1.165, 1.54) is 15.4 Å². The third kappa shape index (κ3) is 3.71. The lowest BCUT2D eigenvalue weighted by molar-refractivity contribution is 0.475. The Bertz CT molecular complexity index is 653. The highest BCUT2D eigenvalue weighted by Gasteiger charge is 2.24. The first kappa shape index (κ1) is 14.7. The van der Waals surface area contributed by atoms with Gasteiger partial charge in [0.15, 0.2) is 9.79 Å². The average molecular weight is 307 g/mol. The minimum Gasteiger partial charge on any atom is -0.508 e. The number of aryl methyl sites for hydroxylation is 1. The van der Waals surface area contributed by atoms with Gasteiger partial charge in [-0.05, 0) is 42.0 Å². The van der Waals surface area contributed by atoms with E-state index >= 15 is 0 Å². The number of aromatic hydroxyl groups is 1. The minimum absolute atomic E-state index is 0.0804. The molecule has 3 aromatic carbocycles. The summed E-state index contributed by atoms with van der Waals surface area (Å²) in [6.07, 6.45) is 1.01. The zero-order valence-electron chi connectivity index (χ0n) is 12.4. The van der Waals surface area contributed by atoms with E-state index in [0.29, 0.717) is 5.75 Å². The highest BCUT2D eigenvalue weighted by atomic mass is 32.2. The summed E-state index contributed by atoms with van der Waals surface area (Å²) in [6, 6.07) is 29.0. The second kappa shape index (κ2) is 7.19. The Morgan fingerprint density at radius 3 is 1.64 bits per heavy atom. The largest absolute Gasteiger partial charge is 0.508 e. The summed E-state index contributed by atoms with van der Waals surface area (Å²) in [7, 11) is 0.0804. The van der Waals surface area contributed by atoms with Crippen molar-refractivity contribution >= 4 is 10.9 Å². The van der Waals surface area contributed by atoms with Crippen LogP contribution in [0, 0.1) is 0 Å². The topological polar surface area (TPSA) is 20.2 Å². The lowest BCUT2D eigenvalue weighted by Gasteiger charge is -2.08. The summed E-state index contributed by atoms with van der Waals surface area (Å²) in [5.41, 5.74) is 1.27. The number of phenolic OH excluding ortho intramolecular Hbond substituents is 1. The molecule has 0 aliphatic heterocycles. The molecule has 0 aliphatic rings. The predicted octanol–water partition coefficient (Wildman–Crippen LogP) is 4.67. The highest BCUT2D eigenvalue weighted by Crippen LogP contribution is 2.24. The van der Waals surface area contributed by atoms with E-state index in [4.69, 9.17) is 0 Å². The molecule has 0 saturated heterocycles. The molecule has 110 valence electrons. The molecule has 0 aromatic heterocycles. The van der Waals surface area contributed by atoms with Gasteiger partial charge in [-0.2, -0.15) is 0 Å². The zero-order valence-corrected chi connectivity index (χ0v) is 13.2. The minimum atomic E-state index is 0.0804. The van der Waals surface area contributed by atoms with Crippen LogP contribution in [0.15, 0.2) is 94.7 Å². The van der Waals surface area contributed by atoms with Crippen molar-refractivity contribution in [2.24, 2.45) is 0 Å². The van der Waals surface area contributed by atoms with Crippen LogP contribution in [-0.4, -0.2) is 10.9 Å². The van der Waals surface area contributed by atoms with Gasteiger partial charge in [0.05, 0.1) is 10.9 Å². The molecular weight excluding hydrogens is 288 g/mol. The van der Waals surface area contributed by atoms with Crippen molar-refractivity contribution in [3.63, 3.8) is 0 Å². The van der Waals surface area contributed by atoms with Gasteiger partial charge in [-0.15, -0.1) is 0 Å². The van der Waals surface area contributed by atoms with E-state index in [0.717, 1.165) is 12.2 Å². The molecule has 0 amide bonds. The van der Waals surface area contributed by atoms with E-state index in [1.54, 1.807) is 12.1 Å². The molecule has 3 rings (SSSR count). The van der Waals surface area contributed by atoms with Crippen LogP contribution in [0.25, 0.3) is 0 Å². The number of benzene rings is 3. The Kier molecular flexibility index (Phi) is 4.81. The van der Waals surface area contributed by atoms with Crippen LogP contribution < -0.4 is 0 Å². The van der Waals surface area contributed by atoms with Crippen LogP contribution in [0.3, 0.4) is 0 Å². The summed E-state index contributed by atoms with van der Waals surface area (Å²) in [4.78, 5) is 2.76. The third-order valence-electron chi connectivity index (χ3n) is 3.59. The second-order valence-corrected chi connectivity index (χ2v) is 7.27. The molecule has 3 aromatic rings. The Morgan fingerprint density at radius 1 is 0.636 bits per heavy atom. The van der Waals surface area contributed by atoms with Gasteiger partial charge in [-0.1, -0.05) is 48.5 Å². The van der Waals surface area contributed by atoms with Crippen molar-refractivity contribution in [2.75, 3.05) is 5.75 Å². The predicted molar refractivity (Wildman–Crippen MR) is 93.5 cm³/mol. The maximum absolute atomic E-state index is 9.39. The fraction of sp³-hybridized carbons (Fsp3) is 0.100. The zero-order chi connectivity index (χ0) is 15.2. The van der Waals surface area contributed by atoms with Gasteiger partial charge in [-0.3, -0.25) is 0 Å². The number of rotatable bonds is 5. The van der Waals surface area contributed by atoms with Crippen molar-refractivity contribution < 1.29 is 5.11 Å². The molecule has 1 nitrogen and oxygen atoms in total. The number of phenols is 1. The molecule has 0 atom stereocenters. The van der Waals surface area contributed by atoms with E-state index in [-0.39, 0.29) is 10.9 Å². The van der Waals surface area contributed by atoms with Crippen molar-refractivity contribution in [2.45, 2.75) is 16.2 Å². The van der Waals surface area contributed by atoms with Gasteiger partial charge >= 0.3 is 0 Å². The molecule has 0 heterocycles. The molecule has 2 heteroatoms. The molecule has 22 heavy (non-hydrogen) atoms. The summed E-state index contributed by atoms with van der Waals surface area (Å²) in [6.45, 7) is 0. The molecule has 0 aliphatic carbocycles. The summed E-state index contributed by atoms with van der Waals surface area (Å²) < 4.78 is 0. The van der Waals surface area contributed by atoms with Crippen LogP contribution in [0.2, 0.25) is 0 Å². The van der Waals surface area contributed by atoms with Crippen molar-refractivity contribution in [3.05, 3.63) is 90.5 Å². The molecule has 1 N–H and O–H groups in total. The Morgan fingerprint density at radius 2 is 1.14 bits per heavy atom. The van der Waals surface area contributed by atoms with Crippen LogP contribution in [0.1, 0.15) is 5.56 Å². The first-order valence-corrected chi connectivity index (χ1v) is 8.81. The SMILES string of the molecule is Oc1ccc(CC[S+](c2ccccc2)c2ccccc2)cc1. The van der Waals surface area contributed by atoms with E-state index in [1.807, 2.05) is 12.1 Å². The van der Waals surface area contributed by atoms with Gasteiger partial charge in [0, 0.05) is 6.42 Å². The lowest BCUT2D eigenvalue weighted by Crippen LogP contribution is -2.11. The Balaban J connectivity index is 1.81. The normalized spacial score (nSPS) is 10.8. The molecule has 0 unspecified atom stereocenters. The van der Waals surface area contributed by atoms with Crippen LogP contribution >= 0.6 is 0 Å². The van der Waals surface area contributed by atoms with Gasteiger partial charge in [0.2, 0.25) is 0 Å². The maximum atomic E-state index is 9.39. The van der Waals surface area contributed by atoms with Gasteiger partial charge in [-0.25, -0.2) is 0 Å². The summed E-state index contributed by atoms with van der Waals surface area (Å²) in [5.74, 6) is 1.41. The standard InChI is InChI=1S/C20H18OS/c21-18-13-11-17(12-14-18)15-16-22(19-7-3-1-4-8-19)20-9-5-2-6-10-20/h1-14H,15-16H2/p+1. The first-order chi connectivity index (χ1) is 10.8. The summed E-state index contributed by atoms with van der Waals surface area (Å²) >= 11 is 0. The molecule has 0 spiro atoms. The average Bonchev–Trinajstić information content (AvgIpc) is 2.59. The Labute approximate surface area is 134 Å². The van der Waals surface area contributed by atoms with Crippen LogP contribution in [0.5, 0.6) is 5.75 Å². The Hall–Kier alpha value is -2.19. The molecule has 0 saturated carbocycles. The van der Waals surface area contributed by atoms with E-state index in [9.17, 15) is 5.11 Å². The van der Waals surface area contributed by atoms with Gasteiger partial charge < -0.3 is 5.11 Å². The maximum Gasteiger partial charge on any atom is 0.160 e. The number of hydrogen-bond acceptors (Lipinski definition) is 1. The van der Waals surface area contributed by atoms with E-state index < -0.39 is 0 Å². The van der Waals surface area contributed by atoms with E-state index in [2.05, 4.69) is 60.7 Å². The fourth-order valence-electron chi connectivity index (χ4n) is 2.42. The first-order valence-electron chi connectivity index (χ1n) is 7.42. The van der Waals surface area contributed by atoms with Gasteiger partial charge in [0.1, 0.15) is 11.5 Å². The summed E-state index contributed by atoms with van der Waals surface area (Å²) in [5, 5.41) is 9.39. The smallest absolute Gasteiger partial charge is 0.160 e. The van der Waals surface area contributed by atoms with Crippen molar-refractivity contribution in [1.29, 1.82) is 0 Å². The lowest BCUT2D eigenvalue weighted by atomic mass is 10.2.